The Bertz CT molecular complexity index is 512. The highest BCUT2D eigenvalue weighted by atomic mass is 19.1. The number of rotatable bonds is 6. The molecule has 0 radical (unpaired) electrons. The van der Waals surface area contributed by atoms with Crippen molar-refractivity contribution in [3.8, 4) is 0 Å². The standard InChI is InChI=1S/C15H20FN3O/c1-2-17-14-13(7-11(16)8-18-14)15(20)19(12-5-6-12)9-10-3-4-10/h7-8,10,12H,2-6,9H2,1H3,(H,17,18). The lowest BCUT2D eigenvalue weighted by Crippen LogP contribution is -2.35. The van der Waals surface area contributed by atoms with Gasteiger partial charge in [0, 0.05) is 19.1 Å². The zero-order valence-electron chi connectivity index (χ0n) is 11.7. The minimum atomic E-state index is -0.461. The molecule has 2 saturated carbocycles. The van der Waals surface area contributed by atoms with E-state index < -0.39 is 5.82 Å². The summed E-state index contributed by atoms with van der Waals surface area (Å²) in [6.45, 7) is 3.40. The molecule has 1 N–H and O–H groups in total. The summed E-state index contributed by atoms with van der Waals surface area (Å²) in [4.78, 5) is 18.7. The molecule has 4 nitrogen and oxygen atoms in total. The second-order valence-corrected chi connectivity index (χ2v) is 5.71. The van der Waals surface area contributed by atoms with Crippen LogP contribution in [0.4, 0.5) is 10.2 Å². The Morgan fingerprint density at radius 2 is 2.20 bits per heavy atom. The van der Waals surface area contributed by atoms with Gasteiger partial charge in [-0.3, -0.25) is 4.79 Å². The summed E-state index contributed by atoms with van der Waals surface area (Å²) < 4.78 is 13.4. The predicted molar refractivity (Wildman–Crippen MR) is 75.1 cm³/mol. The lowest BCUT2D eigenvalue weighted by Gasteiger charge is -2.23. The fourth-order valence-electron chi connectivity index (χ4n) is 2.43. The van der Waals surface area contributed by atoms with Crippen molar-refractivity contribution in [1.29, 1.82) is 0 Å². The number of aromatic nitrogens is 1. The number of carbonyl (C=O) groups excluding carboxylic acids is 1. The van der Waals surface area contributed by atoms with Gasteiger partial charge in [0.1, 0.15) is 11.6 Å². The molecule has 0 bridgehead atoms. The van der Waals surface area contributed by atoms with Gasteiger partial charge in [0.15, 0.2) is 0 Å². The van der Waals surface area contributed by atoms with Gasteiger partial charge in [0.05, 0.1) is 11.8 Å². The number of amides is 1. The van der Waals surface area contributed by atoms with E-state index in [2.05, 4.69) is 10.3 Å². The maximum atomic E-state index is 13.4. The third-order valence-corrected chi connectivity index (χ3v) is 3.83. The van der Waals surface area contributed by atoms with Crippen molar-refractivity contribution < 1.29 is 9.18 Å². The molecular weight excluding hydrogens is 257 g/mol. The van der Waals surface area contributed by atoms with E-state index in [0.717, 1.165) is 25.6 Å². The topological polar surface area (TPSA) is 45.2 Å². The molecule has 20 heavy (non-hydrogen) atoms. The molecule has 108 valence electrons. The largest absolute Gasteiger partial charge is 0.370 e. The highest BCUT2D eigenvalue weighted by Crippen LogP contribution is 2.36. The Balaban J connectivity index is 1.84. The second kappa shape index (κ2) is 5.38. The van der Waals surface area contributed by atoms with Crippen LogP contribution >= 0.6 is 0 Å². The van der Waals surface area contributed by atoms with E-state index in [1.165, 1.54) is 18.9 Å². The zero-order valence-corrected chi connectivity index (χ0v) is 11.7. The normalized spacial score (nSPS) is 17.9. The van der Waals surface area contributed by atoms with Crippen LogP contribution in [0, 0.1) is 11.7 Å². The second-order valence-electron chi connectivity index (χ2n) is 5.71. The first-order valence-corrected chi connectivity index (χ1v) is 7.39. The van der Waals surface area contributed by atoms with E-state index in [4.69, 9.17) is 0 Å². The van der Waals surface area contributed by atoms with Gasteiger partial charge in [-0.2, -0.15) is 0 Å². The van der Waals surface area contributed by atoms with Crippen LogP contribution in [0.2, 0.25) is 0 Å². The van der Waals surface area contributed by atoms with Gasteiger partial charge >= 0.3 is 0 Å². The van der Waals surface area contributed by atoms with Gasteiger partial charge in [0.25, 0.3) is 5.91 Å². The zero-order chi connectivity index (χ0) is 14.1. The molecule has 1 amide bonds. The first kappa shape index (κ1) is 13.3. The molecule has 2 fully saturated rings. The number of pyridine rings is 1. The highest BCUT2D eigenvalue weighted by molar-refractivity contribution is 5.99. The van der Waals surface area contributed by atoms with Gasteiger partial charge in [-0.05, 0) is 44.6 Å². The summed E-state index contributed by atoms with van der Waals surface area (Å²) in [5.41, 5.74) is 0.361. The smallest absolute Gasteiger partial charge is 0.257 e. The van der Waals surface area contributed by atoms with Crippen molar-refractivity contribution in [1.82, 2.24) is 9.88 Å². The van der Waals surface area contributed by atoms with Crippen LogP contribution < -0.4 is 5.32 Å². The molecule has 2 aliphatic rings. The van der Waals surface area contributed by atoms with E-state index >= 15 is 0 Å². The molecule has 0 spiro atoms. The van der Waals surface area contributed by atoms with E-state index in [1.54, 1.807) is 0 Å². The molecule has 2 aliphatic carbocycles. The van der Waals surface area contributed by atoms with Crippen molar-refractivity contribution in [2.24, 2.45) is 5.92 Å². The third kappa shape index (κ3) is 2.92. The van der Waals surface area contributed by atoms with Gasteiger partial charge < -0.3 is 10.2 Å². The molecule has 0 unspecified atom stereocenters. The Labute approximate surface area is 118 Å². The van der Waals surface area contributed by atoms with E-state index in [1.807, 2.05) is 11.8 Å². The van der Waals surface area contributed by atoms with Gasteiger partial charge in [-0.25, -0.2) is 9.37 Å². The van der Waals surface area contributed by atoms with Crippen LogP contribution in [-0.2, 0) is 0 Å². The number of nitrogens with one attached hydrogen (secondary N) is 1. The molecule has 0 saturated heterocycles. The fraction of sp³-hybridized carbons (Fsp3) is 0.600. The number of hydrogen-bond donors (Lipinski definition) is 1. The molecule has 1 aromatic rings. The van der Waals surface area contributed by atoms with Crippen LogP contribution in [0.5, 0.6) is 0 Å². The quantitative estimate of drug-likeness (QED) is 0.869. The number of hydrogen-bond acceptors (Lipinski definition) is 3. The van der Waals surface area contributed by atoms with Crippen molar-refractivity contribution >= 4 is 11.7 Å². The number of halogens is 1. The van der Waals surface area contributed by atoms with Crippen molar-refractivity contribution in [2.75, 3.05) is 18.4 Å². The van der Waals surface area contributed by atoms with Crippen LogP contribution in [0.3, 0.4) is 0 Å². The Morgan fingerprint density at radius 3 is 2.80 bits per heavy atom. The van der Waals surface area contributed by atoms with Crippen LogP contribution in [0.15, 0.2) is 12.3 Å². The van der Waals surface area contributed by atoms with Crippen molar-refractivity contribution in [2.45, 2.75) is 38.6 Å². The van der Waals surface area contributed by atoms with Crippen LogP contribution in [-0.4, -0.2) is 34.9 Å². The van der Waals surface area contributed by atoms with E-state index in [9.17, 15) is 9.18 Å². The molecule has 0 aliphatic heterocycles. The Kier molecular flexibility index (Phi) is 3.59. The fourth-order valence-corrected chi connectivity index (χ4v) is 2.43. The molecule has 3 rings (SSSR count). The van der Waals surface area contributed by atoms with Crippen LogP contribution in [0.25, 0.3) is 0 Å². The van der Waals surface area contributed by atoms with Gasteiger partial charge in [-0.1, -0.05) is 0 Å². The minimum Gasteiger partial charge on any atom is -0.370 e. The lowest BCUT2D eigenvalue weighted by molar-refractivity contribution is 0.0735. The SMILES string of the molecule is CCNc1ncc(F)cc1C(=O)N(CC1CC1)C1CC1. The predicted octanol–water partition coefficient (Wildman–Crippen LogP) is 2.67. The maximum Gasteiger partial charge on any atom is 0.257 e. The summed E-state index contributed by atoms with van der Waals surface area (Å²) in [5.74, 6) is 0.587. The number of carbonyl (C=O) groups is 1. The lowest BCUT2D eigenvalue weighted by atomic mass is 10.2. The van der Waals surface area contributed by atoms with Crippen molar-refractivity contribution in [3.05, 3.63) is 23.6 Å². The Hall–Kier alpha value is -1.65. The van der Waals surface area contributed by atoms with Crippen LogP contribution in [0.1, 0.15) is 43.0 Å². The third-order valence-electron chi connectivity index (χ3n) is 3.83. The first-order valence-electron chi connectivity index (χ1n) is 7.39. The summed E-state index contributed by atoms with van der Waals surface area (Å²) in [6.07, 6.45) is 5.70. The van der Waals surface area contributed by atoms with E-state index in [-0.39, 0.29) is 5.91 Å². The summed E-state index contributed by atoms with van der Waals surface area (Å²) in [7, 11) is 0. The number of nitrogens with zero attached hydrogens (tertiary/aromatic N) is 2. The van der Waals surface area contributed by atoms with Gasteiger partial charge in [0.2, 0.25) is 0 Å². The Morgan fingerprint density at radius 1 is 1.45 bits per heavy atom. The van der Waals surface area contributed by atoms with E-state index in [0.29, 0.717) is 29.9 Å². The average molecular weight is 277 g/mol. The van der Waals surface area contributed by atoms with Crippen molar-refractivity contribution in [3.63, 3.8) is 0 Å². The molecule has 5 heteroatoms. The minimum absolute atomic E-state index is 0.0812. The maximum absolute atomic E-state index is 13.4. The highest BCUT2D eigenvalue weighted by Gasteiger charge is 2.37. The summed E-state index contributed by atoms with van der Waals surface area (Å²) in [6, 6.07) is 1.65. The number of anilines is 1. The van der Waals surface area contributed by atoms with Gasteiger partial charge in [-0.15, -0.1) is 0 Å². The molecule has 1 heterocycles. The molecule has 0 atom stereocenters. The summed E-state index contributed by atoms with van der Waals surface area (Å²) >= 11 is 0. The average Bonchev–Trinajstić information content (AvgIpc) is 3.30. The monoisotopic (exact) mass is 277 g/mol. The molecule has 1 aromatic heterocycles. The molecular formula is C15H20FN3O. The molecule has 0 aromatic carbocycles. The first-order chi connectivity index (χ1) is 9.69. The summed E-state index contributed by atoms with van der Waals surface area (Å²) in [5, 5.41) is 3.04.